The number of halogens is 1. The number of fused-ring (bicyclic) bond motifs is 1. The van der Waals surface area contributed by atoms with E-state index in [0.717, 1.165) is 14.3 Å². The van der Waals surface area contributed by atoms with Crippen LogP contribution in [0.4, 0.5) is 5.69 Å². The number of nitrogens with one attached hydrogen (secondary N) is 1. The Morgan fingerprint density at radius 1 is 1.09 bits per heavy atom. The Morgan fingerprint density at radius 2 is 1.74 bits per heavy atom. The van der Waals surface area contributed by atoms with Crippen molar-refractivity contribution in [2.24, 2.45) is 0 Å². The standard InChI is InChI=1S/C23H28BrN3O6S/c1-4-34(30,31)27(19-9-10-20-21(13-19)33-12-11-32-20)15-22(28)26(16(2)23(29)25-3)14-17-5-7-18(24)8-6-17/h5-10,13,16H,4,11-12,14-15H2,1-3H3,(H,25,29)/t16-/m1/s1. The van der Waals surface area contributed by atoms with Crippen molar-refractivity contribution in [1.82, 2.24) is 10.2 Å². The van der Waals surface area contributed by atoms with Crippen molar-refractivity contribution in [3.8, 4) is 11.5 Å². The number of sulfonamides is 1. The smallest absolute Gasteiger partial charge is 0.244 e. The van der Waals surface area contributed by atoms with Crippen molar-refractivity contribution < 1.29 is 27.5 Å². The number of nitrogens with zero attached hydrogens (tertiary/aromatic N) is 2. The molecular weight excluding hydrogens is 526 g/mol. The normalized spacial score (nSPS) is 13.6. The number of rotatable bonds is 9. The maximum absolute atomic E-state index is 13.5. The van der Waals surface area contributed by atoms with E-state index in [2.05, 4.69) is 21.2 Å². The monoisotopic (exact) mass is 553 g/mol. The Morgan fingerprint density at radius 3 is 2.35 bits per heavy atom. The topological polar surface area (TPSA) is 105 Å². The molecule has 0 saturated heterocycles. The van der Waals surface area contributed by atoms with Gasteiger partial charge in [-0.05, 0) is 43.7 Å². The molecule has 3 rings (SSSR count). The van der Waals surface area contributed by atoms with Gasteiger partial charge in [-0.2, -0.15) is 0 Å². The van der Waals surface area contributed by atoms with Crippen molar-refractivity contribution in [2.45, 2.75) is 26.4 Å². The second-order valence-electron chi connectivity index (χ2n) is 7.67. The summed E-state index contributed by atoms with van der Waals surface area (Å²) in [6.07, 6.45) is 0. The lowest BCUT2D eigenvalue weighted by Crippen LogP contribution is -2.51. The minimum atomic E-state index is -3.82. The van der Waals surface area contributed by atoms with Crippen molar-refractivity contribution in [3.05, 3.63) is 52.5 Å². The number of hydrogen-bond acceptors (Lipinski definition) is 6. The summed E-state index contributed by atoms with van der Waals surface area (Å²) in [6.45, 7) is 3.55. The van der Waals surface area contributed by atoms with Gasteiger partial charge in [0.1, 0.15) is 25.8 Å². The molecule has 184 valence electrons. The van der Waals surface area contributed by atoms with Crippen LogP contribution in [0.2, 0.25) is 0 Å². The van der Waals surface area contributed by atoms with Crippen LogP contribution in [0, 0.1) is 0 Å². The molecule has 1 heterocycles. The third kappa shape index (κ3) is 6.01. The van der Waals surface area contributed by atoms with Gasteiger partial charge in [0.2, 0.25) is 21.8 Å². The van der Waals surface area contributed by atoms with Gasteiger partial charge in [0.05, 0.1) is 11.4 Å². The van der Waals surface area contributed by atoms with E-state index in [1.54, 1.807) is 25.1 Å². The predicted molar refractivity (Wildman–Crippen MR) is 132 cm³/mol. The second kappa shape index (κ2) is 11.1. The largest absolute Gasteiger partial charge is 0.486 e. The zero-order valence-corrected chi connectivity index (χ0v) is 21.7. The minimum Gasteiger partial charge on any atom is -0.486 e. The molecule has 0 unspecified atom stereocenters. The average molecular weight is 554 g/mol. The fourth-order valence-corrected chi connectivity index (χ4v) is 4.80. The summed E-state index contributed by atoms with van der Waals surface area (Å²) >= 11 is 3.38. The van der Waals surface area contributed by atoms with E-state index in [1.807, 2.05) is 24.3 Å². The van der Waals surface area contributed by atoms with E-state index in [4.69, 9.17) is 9.47 Å². The van der Waals surface area contributed by atoms with Gasteiger partial charge in [-0.3, -0.25) is 13.9 Å². The average Bonchev–Trinajstić information content (AvgIpc) is 2.85. The molecule has 34 heavy (non-hydrogen) atoms. The fraction of sp³-hybridized carbons (Fsp3) is 0.391. The number of carbonyl (C=O) groups excluding carboxylic acids is 2. The fourth-order valence-electron chi connectivity index (χ4n) is 3.48. The molecule has 0 bridgehead atoms. The third-order valence-corrected chi connectivity index (χ3v) is 7.74. The lowest BCUT2D eigenvalue weighted by atomic mass is 10.1. The number of anilines is 1. The van der Waals surface area contributed by atoms with E-state index in [0.29, 0.717) is 24.7 Å². The molecule has 9 nitrogen and oxygen atoms in total. The minimum absolute atomic E-state index is 0.141. The van der Waals surface area contributed by atoms with Crippen LogP contribution >= 0.6 is 15.9 Å². The van der Waals surface area contributed by atoms with Crippen LogP contribution in [0.3, 0.4) is 0 Å². The quantitative estimate of drug-likeness (QED) is 0.511. The summed E-state index contributed by atoms with van der Waals surface area (Å²) in [5.41, 5.74) is 1.09. The van der Waals surface area contributed by atoms with Crippen molar-refractivity contribution in [1.29, 1.82) is 0 Å². The van der Waals surface area contributed by atoms with Crippen LogP contribution in [0.5, 0.6) is 11.5 Å². The first-order valence-electron chi connectivity index (χ1n) is 10.8. The first kappa shape index (κ1) is 25.8. The Labute approximate surface area is 208 Å². The third-order valence-electron chi connectivity index (χ3n) is 5.47. The Kier molecular flexibility index (Phi) is 8.42. The predicted octanol–water partition coefficient (Wildman–Crippen LogP) is 2.54. The molecule has 0 saturated carbocycles. The van der Waals surface area contributed by atoms with Gasteiger partial charge >= 0.3 is 0 Å². The Balaban J connectivity index is 1.94. The Bertz CT molecular complexity index is 1140. The van der Waals surface area contributed by atoms with Crippen molar-refractivity contribution in [2.75, 3.05) is 36.9 Å². The molecule has 0 radical (unpaired) electrons. The molecule has 1 aliphatic heterocycles. The number of benzene rings is 2. The molecular formula is C23H28BrN3O6S. The summed E-state index contributed by atoms with van der Waals surface area (Å²) < 4.78 is 39.0. The van der Waals surface area contributed by atoms with Crippen LogP contribution in [-0.2, 0) is 26.2 Å². The van der Waals surface area contributed by atoms with Crippen molar-refractivity contribution >= 4 is 43.5 Å². The number of ether oxygens (including phenoxy) is 2. The van der Waals surface area contributed by atoms with Gasteiger partial charge in [-0.25, -0.2) is 8.42 Å². The van der Waals surface area contributed by atoms with E-state index in [-0.39, 0.29) is 23.9 Å². The highest BCUT2D eigenvalue weighted by Crippen LogP contribution is 2.35. The molecule has 11 heteroatoms. The van der Waals surface area contributed by atoms with Gasteiger partial charge in [0.15, 0.2) is 11.5 Å². The van der Waals surface area contributed by atoms with E-state index in [9.17, 15) is 18.0 Å². The molecule has 2 amide bonds. The first-order chi connectivity index (χ1) is 16.2. The Hall–Kier alpha value is -2.79. The molecule has 2 aromatic rings. The molecule has 0 aromatic heterocycles. The molecule has 1 N–H and O–H groups in total. The summed E-state index contributed by atoms with van der Waals surface area (Å²) in [7, 11) is -2.33. The molecule has 0 aliphatic carbocycles. The zero-order chi connectivity index (χ0) is 24.9. The van der Waals surface area contributed by atoms with Gasteiger partial charge in [-0.15, -0.1) is 0 Å². The molecule has 0 fully saturated rings. The summed E-state index contributed by atoms with van der Waals surface area (Å²) in [4.78, 5) is 27.3. The lowest BCUT2D eigenvalue weighted by Gasteiger charge is -2.32. The molecule has 1 aliphatic rings. The summed E-state index contributed by atoms with van der Waals surface area (Å²) in [6, 6.07) is 11.3. The molecule has 0 spiro atoms. The number of hydrogen-bond donors (Lipinski definition) is 1. The summed E-state index contributed by atoms with van der Waals surface area (Å²) in [5, 5.41) is 2.55. The summed E-state index contributed by atoms with van der Waals surface area (Å²) in [5.74, 6) is -0.134. The van der Waals surface area contributed by atoms with Crippen LogP contribution in [-0.4, -0.2) is 63.7 Å². The number of carbonyl (C=O) groups is 2. The molecule has 2 aromatic carbocycles. The second-order valence-corrected chi connectivity index (χ2v) is 10.8. The lowest BCUT2D eigenvalue weighted by molar-refractivity contribution is -0.139. The van der Waals surface area contributed by atoms with Crippen LogP contribution < -0.4 is 19.1 Å². The van der Waals surface area contributed by atoms with Gasteiger partial charge < -0.3 is 19.7 Å². The van der Waals surface area contributed by atoms with E-state index in [1.165, 1.54) is 18.9 Å². The van der Waals surface area contributed by atoms with E-state index >= 15 is 0 Å². The molecule has 1 atom stereocenters. The highest BCUT2D eigenvalue weighted by atomic mass is 79.9. The zero-order valence-electron chi connectivity index (χ0n) is 19.3. The SMILES string of the molecule is CCS(=O)(=O)N(CC(=O)N(Cc1ccc(Br)cc1)[C@H](C)C(=O)NC)c1ccc2c(c1)OCCO2. The van der Waals surface area contributed by atoms with Gasteiger partial charge in [-0.1, -0.05) is 28.1 Å². The van der Waals surface area contributed by atoms with Crippen molar-refractivity contribution in [3.63, 3.8) is 0 Å². The number of likely N-dealkylation sites (N-methyl/N-ethyl adjacent to an activating group) is 1. The first-order valence-corrected chi connectivity index (χ1v) is 13.2. The maximum Gasteiger partial charge on any atom is 0.244 e. The highest BCUT2D eigenvalue weighted by Gasteiger charge is 2.31. The maximum atomic E-state index is 13.5. The number of amides is 2. The highest BCUT2D eigenvalue weighted by molar-refractivity contribution is 9.10. The van der Waals surface area contributed by atoms with E-state index < -0.39 is 28.5 Å². The van der Waals surface area contributed by atoms with Crippen LogP contribution in [0.15, 0.2) is 46.9 Å². The van der Waals surface area contributed by atoms with Crippen LogP contribution in [0.1, 0.15) is 19.4 Å². The van der Waals surface area contributed by atoms with Crippen LogP contribution in [0.25, 0.3) is 0 Å². The van der Waals surface area contributed by atoms with Gasteiger partial charge in [0, 0.05) is 24.1 Å². The van der Waals surface area contributed by atoms with Gasteiger partial charge in [0.25, 0.3) is 0 Å².